The van der Waals surface area contributed by atoms with Crippen LogP contribution in [0.1, 0.15) is 64.5 Å². The van der Waals surface area contributed by atoms with Crippen molar-refractivity contribution in [3.05, 3.63) is 11.1 Å². The number of hydrogen-bond acceptors (Lipinski definition) is 5. The molecule has 0 fully saturated rings. The van der Waals surface area contributed by atoms with Crippen LogP contribution < -0.4 is 14.2 Å². The maximum absolute atomic E-state index is 11.1. The molecule has 0 aromatic heterocycles. The van der Waals surface area contributed by atoms with Gasteiger partial charge >= 0.3 is 6.16 Å². The molecule has 0 bridgehead atoms. The molecule has 0 spiro atoms. The first kappa shape index (κ1) is 20.9. The van der Waals surface area contributed by atoms with Crippen molar-refractivity contribution >= 4 is 6.16 Å². The highest BCUT2D eigenvalue weighted by Gasteiger charge is 2.28. The largest absolute Gasteiger partial charge is 0.511 e. The molecule has 0 atom stereocenters. The lowest BCUT2D eigenvalue weighted by Gasteiger charge is -2.22. The molecule has 1 rings (SSSR count). The molecule has 0 saturated heterocycles. The van der Waals surface area contributed by atoms with Crippen molar-refractivity contribution < 1.29 is 29.2 Å². The van der Waals surface area contributed by atoms with Crippen molar-refractivity contribution in [3.8, 4) is 23.0 Å². The fourth-order valence-electron chi connectivity index (χ4n) is 2.72. The monoisotopic (exact) mass is 354 g/mol. The summed E-state index contributed by atoms with van der Waals surface area (Å²) in [6.07, 6.45) is 3.14. The molecule has 6 heteroatoms. The number of ether oxygens (including phenoxy) is 3. The number of unbranched alkanes of at least 4 members (excludes halogenated alkanes) is 2. The molecule has 0 aliphatic carbocycles. The van der Waals surface area contributed by atoms with Crippen LogP contribution in [-0.4, -0.2) is 29.6 Å². The molecule has 0 heterocycles. The fourth-order valence-corrected chi connectivity index (χ4v) is 2.72. The van der Waals surface area contributed by atoms with Crippen LogP contribution in [0.3, 0.4) is 0 Å². The number of hydrogen-bond donors (Lipinski definition) is 2. The quantitative estimate of drug-likeness (QED) is 0.433. The lowest BCUT2D eigenvalue weighted by atomic mass is 9.97. The van der Waals surface area contributed by atoms with Gasteiger partial charge < -0.3 is 24.4 Å². The third kappa shape index (κ3) is 5.44. The highest BCUT2D eigenvalue weighted by Crippen LogP contribution is 2.49. The Bertz CT molecular complexity index is 568. The van der Waals surface area contributed by atoms with Gasteiger partial charge in [0.15, 0.2) is 23.0 Å². The van der Waals surface area contributed by atoms with Gasteiger partial charge in [-0.3, -0.25) is 0 Å². The lowest BCUT2D eigenvalue weighted by Crippen LogP contribution is -2.11. The van der Waals surface area contributed by atoms with Gasteiger partial charge in [0.25, 0.3) is 0 Å². The smallest absolute Gasteiger partial charge is 0.504 e. The molecule has 1 aromatic rings. The van der Waals surface area contributed by atoms with E-state index < -0.39 is 6.16 Å². The molecular formula is C19H30O6. The summed E-state index contributed by atoms with van der Waals surface area (Å²) in [4.78, 5) is 11.1. The number of phenolic OH excluding ortho intramolecular Hbond substituents is 1. The van der Waals surface area contributed by atoms with E-state index in [4.69, 9.17) is 19.3 Å². The first-order chi connectivity index (χ1) is 12.0. The summed E-state index contributed by atoms with van der Waals surface area (Å²) in [6.45, 7) is 8.64. The van der Waals surface area contributed by atoms with Crippen LogP contribution in [0.2, 0.25) is 0 Å². The Kier molecular flexibility index (Phi) is 8.95. The molecule has 0 unspecified atom stereocenters. The van der Waals surface area contributed by atoms with Gasteiger partial charge in [-0.25, -0.2) is 4.79 Å². The van der Waals surface area contributed by atoms with Gasteiger partial charge in [-0.2, -0.15) is 0 Å². The normalized spacial score (nSPS) is 10.6. The Morgan fingerprint density at radius 3 is 1.76 bits per heavy atom. The van der Waals surface area contributed by atoms with E-state index in [1.807, 2.05) is 27.7 Å². The van der Waals surface area contributed by atoms with E-state index in [1.165, 1.54) is 0 Å². The molecule has 0 aliphatic heterocycles. The Hall–Kier alpha value is -2.11. The number of benzene rings is 1. The van der Waals surface area contributed by atoms with Crippen LogP contribution in [-0.2, 0) is 12.8 Å². The Labute approximate surface area is 149 Å². The average Bonchev–Trinajstić information content (AvgIpc) is 2.57. The zero-order chi connectivity index (χ0) is 18.8. The van der Waals surface area contributed by atoms with E-state index >= 15 is 0 Å². The summed E-state index contributed by atoms with van der Waals surface area (Å²) in [5.41, 5.74) is 1.09. The molecule has 1 aromatic carbocycles. The standard InChI is InChI=1S/C19H30O6/c1-5-9-11-13-15(20)16(25-19(21)22)14(12-10-6-2)18(24-8-4)17(13)23-7-3/h20H,5-12H2,1-4H3,(H,21,22). The van der Waals surface area contributed by atoms with Crippen molar-refractivity contribution in [2.24, 2.45) is 0 Å². The molecule has 142 valence electrons. The van der Waals surface area contributed by atoms with E-state index in [9.17, 15) is 9.90 Å². The van der Waals surface area contributed by atoms with E-state index in [-0.39, 0.29) is 11.5 Å². The third-order valence-corrected chi connectivity index (χ3v) is 3.86. The summed E-state index contributed by atoms with van der Waals surface area (Å²) in [5.74, 6) is 0.796. The van der Waals surface area contributed by atoms with Crippen LogP contribution in [0.4, 0.5) is 4.79 Å². The highest BCUT2D eigenvalue weighted by atomic mass is 16.7. The Morgan fingerprint density at radius 1 is 0.840 bits per heavy atom. The number of carboxylic acid groups (broad SMARTS) is 1. The molecule has 25 heavy (non-hydrogen) atoms. The van der Waals surface area contributed by atoms with E-state index in [0.717, 1.165) is 25.7 Å². The van der Waals surface area contributed by atoms with Crippen molar-refractivity contribution in [3.63, 3.8) is 0 Å². The topological polar surface area (TPSA) is 85.2 Å². The Balaban J connectivity index is 3.64. The molecule has 0 saturated carbocycles. The zero-order valence-electron chi connectivity index (χ0n) is 15.7. The molecule has 0 radical (unpaired) electrons. The van der Waals surface area contributed by atoms with Gasteiger partial charge in [0.05, 0.1) is 13.2 Å². The van der Waals surface area contributed by atoms with Gasteiger partial charge in [0.2, 0.25) is 0 Å². The van der Waals surface area contributed by atoms with Gasteiger partial charge in [-0.15, -0.1) is 0 Å². The molecular weight excluding hydrogens is 324 g/mol. The predicted molar refractivity (Wildman–Crippen MR) is 96.3 cm³/mol. The molecule has 2 N–H and O–H groups in total. The minimum absolute atomic E-state index is 0.0287. The minimum atomic E-state index is -1.46. The molecule has 0 aliphatic rings. The second kappa shape index (κ2) is 10.7. The van der Waals surface area contributed by atoms with Crippen molar-refractivity contribution in [2.75, 3.05) is 13.2 Å². The van der Waals surface area contributed by atoms with Gasteiger partial charge in [0.1, 0.15) is 0 Å². The van der Waals surface area contributed by atoms with Crippen molar-refractivity contribution in [1.29, 1.82) is 0 Å². The SMILES string of the molecule is CCCCc1c(O)c(OC(=O)O)c(CCCC)c(OCC)c1OCC. The number of aromatic hydroxyl groups is 1. The summed E-state index contributed by atoms with van der Waals surface area (Å²) in [7, 11) is 0. The number of phenols is 1. The van der Waals surface area contributed by atoms with Crippen LogP contribution in [0.5, 0.6) is 23.0 Å². The van der Waals surface area contributed by atoms with Gasteiger partial charge in [-0.1, -0.05) is 26.7 Å². The summed E-state index contributed by atoms with van der Waals surface area (Å²) < 4.78 is 16.5. The van der Waals surface area contributed by atoms with Crippen LogP contribution in [0.25, 0.3) is 0 Å². The van der Waals surface area contributed by atoms with Crippen LogP contribution >= 0.6 is 0 Å². The van der Waals surface area contributed by atoms with Crippen molar-refractivity contribution in [1.82, 2.24) is 0 Å². The van der Waals surface area contributed by atoms with Gasteiger partial charge in [0, 0.05) is 11.1 Å². The second-order valence-corrected chi connectivity index (χ2v) is 5.73. The summed E-state index contributed by atoms with van der Waals surface area (Å²) in [6, 6.07) is 0. The maximum Gasteiger partial charge on any atom is 0.511 e. The predicted octanol–water partition coefficient (Wildman–Crippen LogP) is 4.93. The zero-order valence-corrected chi connectivity index (χ0v) is 15.7. The van der Waals surface area contributed by atoms with Crippen LogP contribution in [0, 0.1) is 0 Å². The minimum Gasteiger partial charge on any atom is -0.504 e. The number of carbonyl (C=O) groups is 1. The molecule has 6 nitrogen and oxygen atoms in total. The van der Waals surface area contributed by atoms with E-state index in [2.05, 4.69) is 0 Å². The van der Waals surface area contributed by atoms with Gasteiger partial charge in [-0.05, 0) is 39.5 Å². The fraction of sp³-hybridized carbons (Fsp3) is 0.632. The molecule has 0 amide bonds. The summed E-state index contributed by atoms with van der Waals surface area (Å²) in [5, 5.41) is 19.8. The van der Waals surface area contributed by atoms with Crippen molar-refractivity contribution in [2.45, 2.75) is 66.2 Å². The first-order valence-corrected chi connectivity index (χ1v) is 9.08. The first-order valence-electron chi connectivity index (χ1n) is 9.08. The maximum atomic E-state index is 11.1. The van der Waals surface area contributed by atoms with E-state index in [1.54, 1.807) is 0 Å². The van der Waals surface area contributed by atoms with Crippen LogP contribution in [0.15, 0.2) is 0 Å². The number of rotatable bonds is 11. The average molecular weight is 354 g/mol. The third-order valence-electron chi connectivity index (χ3n) is 3.86. The Morgan fingerprint density at radius 2 is 1.32 bits per heavy atom. The van der Waals surface area contributed by atoms with E-state index in [0.29, 0.717) is 48.7 Å². The highest BCUT2D eigenvalue weighted by molar-refractivity contribution is 5.71. The lowest BCUT2D eigenvalue weighted by molar-refractivity contribution is 0.141. The second-order valence-electron chi connectivity index (χ2n) is 5.73. The summed E-state index contributed by atoms with van der Waals surface area (Å²) >= 11 is 0.